The lowest BCUT2D eigenvalue weighted by atomic mass is 10.2. The third-order valence-corrected chi connectivity index (χ3v) is 5.85. The predicted molar refractivity (Wildman–Crippen MR) is 88.8 cm³/mol. The molecular weight excluding hydrogens is 331 g/mol. The van der Waals surface area contributed by atoms with Crippen molar-refractivity contribution in [3.05, 3.63) is 59.9 Å². The van der Waals surface area contributed by atoms with Gasteiger partial charge in [-0.05, 0) is 49.2 Å². The molecule has 0 bridgehead atoms. The molecule has 0 aliphatic carbocycles. The molecule has 2 aromatic carbocycles. The predicted octanol–water partition coefficient (Wildman–Crippen LogP) is 2.86. The second-order valence-electron chi connectivity index (χ2n) is 5.57. The van der Waals surface area contributed by atoms with Crippen molar-refractivity contribution in [3.63, 3.8) is 0 Å². The Balaban J connectivity index is 1.75. The third kappa shape index (κ3) is 3.32. The van der Waals surface area contributed by atoms with E-state index in [2.05, 4.69) is 5.32 Å². The van der Waals surface area contributed by atoms with Gasteiger partial charge in [0.2, 0.25) is 10.0 Å². The smallest absolute Gasteiger partial charge is 0.258 e. The van der Waals surface area contributed by atoms with Gasteiger partial charge in [-0.3, -0.25) is 4.79 Å². The lowest BCUT2D eigenvalue weighted by molar-refractivity contribution is 0.102. The van der Waals surface area contributed by atoms with E-state index in [1.807, 2.05) is 0 Å². The minimum absolute atomic E-state index is 0.0636. The van der Waals surface area contributed by atoms with E-state index in [0.29, 0.717) is 18.8 Å². The summed E-state index contributed by atoms with van der Waals surface area (Å²) in [6, 6.07) is 11.6. The fourth-order valence-electron chi connectivity index (χ4n) is 2.63. The Kier molecular flexibility index (Phi) is 4.64. The highest BCUT2D eigenvalue weighted by Crippen LogP contribution is 2.22. The molecule has 0 saturated carbocycles. The number of hydrogen-bond acceptors (Lipinski definition) is 3. The van der Waals surface area contributed by atoms with Crippen molar-refractivity contribution in [2.24, 2.45) is 0 Å². The topological polar surface area (TPSA) is 66.5 Å². The summed E-state index contributed by atoms with van der Waals surface area (Å²) < 4.78 is 39.9. The van der Waals surface area contributed by atoms with Crippen LogP contribution in [0.4, 0.5) is 10.1 Å². The molecule has 126 valence electrons. The van der Waals surface area contributed by atoms with Crippen molar-refractivity contribution in [1.29, 1.82) is 0 Å². The fraction of sp³-hybridized carbons (Fsp3) is 0.235. The van der Waals surface area contributed by atoms with Gasteiger partial charge in [-0.15, -0.1) is 0 Å². The number of amides is 1. The van der Waals surface area contributed by atoms with Gasteiger partial charge in [0.15, 0.2) is 0 Å². The van der Waals surface area contributed by atoms with Crippen molar-refractivity contribution in [1.82, 2.24) is 4.31 Å². The van der Waals surface area contributed by atoms with Crippen molar-refractivity contribution in [2.75, 3.05) is 18.4 Å². The van der Waals surface area contributed by atoms with Crippen LogP contribution < -0.4 is 5.32 Å². The van der Waals surface area contributed by atoms with E-state index < -0.39 is 21.7 Å². The highest BCUT2D eigenvalue weighted by atomic mass is 32.2. The Morgan fingerprint density at radius 2 is 1.62 bits per heavy atom. The van der Waals surface area contributed by atoms with Crippen molar-refractivity contribution in [3.8, 4) is 0 Å². The Bertz CT molecular complexity index is 844. The van der Waals surface area contributed by atoms with E-state index in [0.717, 1.165) is 12.8 Å². The lowest BCUT2D eigenvalue weighted by Gasteiger charge is -2.15. The Morgan fingerprint density at radius 1 is 1.00 bits per heavy atom. The molecule has 1 aliphatic heterocycles. The number of halogens is 1. The molecule has 0 atom stereocenters. The number of benzene rings is 2. The summed E-state index contributed by atoms with van der Waals surface area (Å²) >= 11 is 0. The number of anilines is 1. The van der Waals surface area contributed by atoms with Crippen molar-refractivity contribution in [2.45, 2.75) is 17.7 Å². The number of hydrogen-bond donors (Lipinski definition) is 1. The summed E-state index contributed by atoms with van der Waals surface area (Å²) in [5, 5.41) is 2.56. The van der Waals surface area contributed by atoms with Crippen LogP contribution >= 0.6 is 0 Å². The minimum atomic E-state index is -3.48. The molecule has 1 amide bonds. The van der Waals surface area contributed by atoms with Crippen LogP contribution in [0.2, 0.25) is 0 Å². The van der Waals surface area contributed by atoms with Crippen LogP contribution in [0.1, 0.15) is 23.2 Å². The van der Waals surface area contributed by atoms with Gasteiger partial charge < -0.3 is 5.32 Å². The fourth-order valence-corrected chi connectivity index (χ4v) is 4.15. The van der Waals surface area contributed by atoms with Gasteiger partial charge >= 0.3 is 0 Å². The maximum Gasteiger partial charge on any atom is 0.258 e. The standard InChI is InChI=1S/C17H17FN2O3S/c18-16-6-2-1-5-15(16)17(21)19-13-7-9-14(10-8-13)24(22,23)20-11-3-4-12-20/h1-2,5-10H,3-4,11-12H2,(H,19,21). The number of rotatable bonds is 4. The monoisotopic (exact) mass is 348 g/mol. The zero-order valence-corrected chi connectivity index (χ0v) is 13.7. The van der Waals surface area contributed by atoms with E-state index in [9.17, 15) is 17.6 Å². The van der Waals surface area contributed by atoms with E-state index in [1.165, 1.54) is 46.8 Å². The summed E-state index contributed by atoms with van der Waals surface area (Å²) in [6.45, 7) is 1.07. The van der Waals surface area contributed by atoms with Crippen molar-refractivity contribution < 1.29 is 17.6 Å². The third-order valence-electron chi connectivity index (χ3n) is 3.93. The van der Waals surface area contributed by atoms with Crippen LogP contribution in [-0.2, 0) is 10.0 Å². The molecule has 1 fully saturated rings. The molecule has 0 radical (unpaired) electrons. The summed E-state index contributed by atoms with van der Waals surface area (Å²) in [7, 11) is -3.48. The highest BCUT2D eigenvalue weighted by Gasteiger charge is 2.26. The van der Waals surface area contributed by atoms with Gasteiger partial charge in [0.25, 0.3) is 5.91 Å². The van der Waals surface area contributed by atoms with Crippen LogP contribution in [0, 0.1) is 5.82 Å². The molecule has 5 nitrogen and oxygen atoms in total. The summed E-state index contributed by atoms with van der Waals surface area (Å²) in [5.74, 6) is -1.19. The minimum Gasteiger partial charge on any atom is -0.322 e. The van der Waals surface area contributed by atoms with Gasteiger partial charge in [-0.1, -0.05) is 12.1 Å². The largest absolute Gasteiger partial charge is 0.322 e. The normalized spacial score (nSPS) is 15.4. The van der Waals surface area contributed by atoms with Crippen molar-refractivity contribution >= 4 is 21.6 Å². The molecule has 24 heavy (non-hydrogen) atoms. The van der Waals surface area contributed by atoms with Crippen LogP contribution in [0.25, 0.3) is 0 Å². The van der Waals surface area contributed by atoms with Crippen LogP contribution in [0.5, 0.6) is 0 Å². The molecule has 0 aromatic heterocycles. The molecule has 1 saturated heterocycles. The van der Waals surface area contributed by atoms with Gasteiger partial charge in [-0.25, -0.2) is 12.8 Å². The average molecular weight is 348 g/mol. The summed E-state index contributed by atoms with van der Waals surface area (Å²) in [4.78, 5) is 12.2. The highest BCUT2D eigenvalue weighted by molar-refractivity contribution is 7.89. The van der Waals surface area contributed by atoms with Crippen LogP contribution in [-0.4, -0.2) is 31.7 Å². The number of carbonyl (C=O) groups excluding carboxylic acids is 1. The van der Waals surface area contributed by atoms with E-state index in [-0.39, 0.29) is 10.5 Å². The Labute approximate surface area is 140 Å². The molecule has 7 heteroatoms. The second-order valence-corrected chi connectivity index (χ2v) is 7.51. The van der Waals surface area contributed by atoms with Crippen LogP contribution in [0.15, 0.2) is 53.4 Å². The number of nitrogens with one attached hydrogen (secondary N) is 1. The van der Waals surface area contributed by atoms with Gasteiger partial charge in [0.1, 0.15) is 5.82 Å². The molecule has 1 heterocycles. The molecule has 0 spiro atoms. The first-order valence-corrected chi connectivity index (χ1v) is 9.08. The molecule has 0 unspecified atom stereocenters. The summed E-state index contributed by atoms with van der Waals surface area (Å²) in [6.07, 6.45) is 1.74. The molecule has 1 aliphatic rings. The van der Waals surface area contributed by atoms with E-state index >= 15 is 0 Å². The van der Waals surface area contributed by atoms with E-state index in [4.69, 9.17) is 0 Å². The number of nitrogens with zero attached hydrogens (tertiary/aromatic N) is 1. The SMILES string of the molecule is O=C(Nc1ccc(S(=O)(=O)N2CCCC2)cc1)c1ccccc1F. The maximum atomic E-state index is 13.6. The number of carbonyl (C=O) groups is 1. The van der Waals surface area contributed by atoms with Gasteiger partial charge in [0, 0.05) is 18.8 Å². The Morgan fingerprint density at radius 3 is 2.25 bits per heavy atom. The number of sulfonamides is 1. The first-order chi connectivity index (χ1) is 11.5. The second kappa shape index (κ2) is 6.70. The molecule has 3 rings (SSSR count). The molecule has 1 N–H and O–H groups in total. The quantitative estimate of drug-likeness (QED) is 0.924. The summed E-state index contributed by atoms with van der Waals surface area (Å²) in [5.41, 5.74) is 0.342. The average Bonchev–Trinajstić information content (AvgIpc) is 3.11. The lowest BCUT2D eigenvalue weighted by Crippen LogP contribution is -2.27. The zero-order chi connectivity index (χ0) is 17.2. The maximum absolute atomic E-state index is 13.6. The zero-order valence-electron chi connectivity index (χ0n) is 12.9. The van der Waals surface area contributed by atoms with Crippen LogP contribution in [0.3, 0.4) is 0 Å². The van der Waals surface area contributed by atoms with E-state index in [1.54, 1.807) is 6.07 Å². The molecular formula is C17H17FN2O3S. The van der Waals surface area contributed by atoms with Gasteiger partial charge in [0.05, 0.1) is 10.5 Å². The first-order valence-electron chi connectivity index (χ1n) is 7.64. The van der Waals surface area contributed by atoms with Gasteiger partial charge in [-0.2, -0.15) is 4.31 Å². The Hall–Kier alpha value is -2.25. The first kappa shape index (κ1) is 16.6. The molecule has 2 aromatic rings.